The molecule has 1 saturated heterocycles. The molecule has 6 nitrogen and oxygen atoms in total. The van der Waals surface area contributed by atoms with Gasteiger partial charge in [-0.2, -0.15) is 0 Å². The first-order valence-corrected chi connectivity index (χ1v) is 6.94. The lowest BCUT2D eigenvalue weighted by molar-refractivity contribution is -0.138. The van der Waals surface area contributed by atoms with E-state index >= 15 is 0 Å². The van der Waals surface area contributed by atoms with E-state index < -0.39 is 27.3 Å². The molecule has 1 fully saturated rings. The molecule has 0 aromatic carbocycles. The molecule has 1 unspecified atom stereocenters. The predicted molar refractivity (Wildman–Crippen MR) is 62.1 cm³/mol. The third kappa shape index (κ3) is 4.10. The van der Waals surface area contributed by atoms with Crippen molar-refractivity contribution < 1.29 is 23.1 Å². The van der Waals surface area contributed by atoms with Crippen molar-refractivity contribution in [3.63, 3.8) is 0 Å². The maximum absolute atomic E-state index is 11.9. The van der Waals surface area contributed by atoms with Gasteiger partial charge in [-0.3, -0.25) is 4.79 Å². The predicted octanol–water partition coefficient (Wildman–Crippen LogP) is 0.114. The number of carboxylic acids is 1. The monoisotopic (exact) mass is 263 g/mol. The van der Waals surface area contributed by atoms with Crippen LogP contribution < -0.4 is 4.72 Å². The van der Waals surface area contributed by atoms with Crippen LogP contribution in [-0.4, -0.2) is 44.0 Å². The van der Waals surface area contributed by atoms with Crippen LogP contribution in [-0.2, 0) is 19.6 Å². The van der Waals surface area contributed by atoms with Crippen LogP contribution in [0.25, 0.3) is 0 Å². The summed E-state index contributed by atoms with van der Waals surface area (Å²) in [7, 11) is -3.61. The molecular weight excluding hydrogens is 246 g/mol. The molecule has 0 amide bonds. The fraction of sp³-hybridized carbons (Fsp3) is 0.700. The summed E-state index contributed by atoms with van der Waals surface area (Å²) in [6, 6.07) is -1.14. The van der Waals surface area contributed by atoms with Gasteiger partial charge in [-0.15, -0.1) is 6.58 Å². The second-order valence-corrected chi connectivity index (χ2v) is 5.88. The molecule has 7 heteroatoms. The third-order valence-electron chi connectivity index (χ3n) is 2.61. The lowest BCUT2D eigenvalue weighted by Crippen LogP contribution is -2.46. The van der Waals surface area contributed by atoms with Gasteiger partial charge in [0.15, 0.2) is 0 Å². The maximum Gasteiger partial charge on any atom is 0.322 e. The molecule has 1 atom stereocenters. The van der Waals surface area contributed by atoms with E-state index in [0.717, 1.165) is 0 Å². The number of rotatable bonds is 6. The Balaban J connectivity index is 2.68. The van der Waals surface area contributed by atoms with Gasteiger partial charge >= 0.3 is 5.97 Å². The summed E-state index contributed by atoms with van der Waals surface area (Å²) in [6.07, 6.45) is 2.24. The van der Waals surface area contributed by atoms with Crippen LogP contribution in [0.2, 0.25) is 0 Å². The zero-order chi connectivity index (χ0) is 12.9. The zero-order valence-electron chi connectivity index (χ0n) is 9.46. The molecule has 0 spiro atoms. The number of aliphatic carboxylic acids is 1. The van der Waals surface area contributed by atoms with Crippen LogP contribution in [0.3, 0.4) is 0 Å². The first-order valence-electron chi connectivity index (χ1n) is 5.40. The topological polar surface area (TPSA) is 92.7 Å². The first kappa shape index (κ1) is 14.1. The number of hydrogen-bond donors (Lipinski definition) is 2. The standard InChI is InChI=1S/C10H17NO5S/c1-2-3-9(10(12)13)11-17(14,15)8-4-6-16-7-5-8/h2,8-9,11H,1,3-7H2,(H,12,13). The molecule has 2 N–H and O–H groups in total. The van der Waals surface area contributed by atoms with Gasteiger partial charge in [0.05, 0.1) is 5.25 Å². The molecule has 1 rings (SSSR count). The number of hydrogen-bond acceptors (Lipinski definition) is 4. The average Bonchev–Trinajstić information content (AvgIpc) is 2.29. The molecule has 0 radical (unpaired) electrons. The summed E-state index contributed by atoms with van der Waals surface area (Å²) in [5, 5.41) is 8.30. The van der Waals surface area contributed by atoms with Crippen molar-refractivity contribution in [2.45, 2.75) is 30.6 Å². The fourth-order valence-corrected chi connectivity index (χ4v) is 3.25. The highest BCUT2D eigenvalue weighted by Gasteiger charge is 2.31. The summed E-state index contributed by atoms with van der Waals surface area (Å²) in [5.74, 6) is -1.19. The Morgan fingerprint density at radius 2 is 2.12 bits per heavy atom. The van der Waals surface area contributed by atoms with Crippen LogP contribution in [0, 0.1) is 0 Å². The lowest BCUT2D eigenvalue weighted by atomic mass is 10.2. The van der Waals surface area contributed by atoms with Gasteiger partial charge in [0.25, 0.3) is 0 Å². The smallest absolute Gasteiger partial charge is 0.322 e. The largest absolute Gasteiger partial charge is 0.480 e. The number of nitrogens with one attached hydrogen (secondary N) is 1. The van der Waals surface area contributed by atoms with Crippen LogP contribution in [0.15, 0.2) is 12.7 Å². The Morgan fingerprint density at radius 3 is 2.59 bits per heavy atom. The van der Waals surface area contributed by atoms with Crippen molar-refractivity contribution >= 4 is 16.0 Å². The first-order chi connectivity index (χ1) is 7.97. The molecule has 17 heavy (non-hydrogen) atoms. The van der Waals surface area contributed by atoms with Crippen LogP contribution in [0.4, 0.5) is 0 Å². The van der Waals surface area contributed by atoms with Gasteiger partial charge in [-0.1, -0.05) is 6.08 Å². The Bertz CT molecular complexity index is 372. The van der Waals surface area contributed by atoms with E-state index in [1.54, 1.807) is 0 Å². The summed E-state index contributed by atoms with van der Waals surface area (Å²) in [5.41, 5.74) is 0. The van der Waals surface area contributed by atoms with Gasteiger partial charge in [-0.05, 0) is 19.3 Å². The highest BCUT2D eigenvalue weighted by Crippen LogP contribution is 2.15. The normalized spacial score (nSPS) is 19.8. The van der Waals surface area contributed by atoms with Crippen molar-refractivity contribution in [1.82, 2.24) is 4.72 Å². The minimum Gasteiger partial charge on any atom is -0.480 e. The molecular formula is C10H17NO5S. The van der Waals surface area contributed by atoms with Crippen LogP contribution in [0.1, 0.15) is 19.3 Å². The van der Waals surface area contributed by atoms with Crippen molar-refractivity contribution in [1.29, 1.82) is 0 Å². The minimum absolute atomic E-state index is 0.0672. The lowest BCUT2D eigenvalue weighted by Gasteiger charge is -2.24. The molecule has 1 aliphatic heterocycles. The van der Waals surface area contributed by atoms with Crippen molar-refractivity contribution in [2.75, 3.05) is 13.2 Å². The van der Waals surface area contributed by atoms with E-state index in [1.807, 2.05) is 0 Å². The minimum atomic E-state index is -3.61. The molecule has 98 valence electrons. The second kappa shape index (κ2) is 6.13. The van der Waals surface area contributed by atoms with E-state index in [4.69, 9.17) is 9.84 Å². The van der Waals surface area contributed by atoms with E-state index in [-0.39, 0.29) is 6.42 Å². The zero-order valence-corrected chi connectivity index (χ0v) is 10.3. The number of ether oxygens (including phenoxy) is 1. The summed E-state index contributed by atoms with van der Waals surface area (Å²) >= 11 is 0. The van der Waals surface area contributed by atoms with Crippen molar-refractivity contribution in [3.8, 4) is 0 Å². The summed E-state index contributed by atoms with van der Waals surface area (Å²) in [6.45, 7) is 4.19. The average molecular weight is 263 g/mol. The fourth-order valence-electron chi connectivity index (χ4n) is 1.65. The van der Waals surface area contributed by atoms with Gasteiger partial charge in [0, 0.05) is 13.2 Å². The van der Waals surface area contributed by atoms with Crippen molar-refractivity contribution in [2.24, 2.45) is 0 Å². The third-order valence-corrected chi connectivity index (χ3v) is 4.58. The van der Waals surface area contributed by atoms with Gasteiger partial charge in [-0.25, -0.2) is 13.1 Å². The van der Waals surface area contributed by atoms with Crippen molar-refractivity contribution in [3.05, 3.63) is 12.7 Å². The quantitative estimate of drug-likeness (QED) is 0.664. The Kier molecular flexibility index (Phi) is 5.10. The number of carbonyl (C=O) groups is 1. The van der Waals surface area contributed by atoms with Crippen LogP contribution in [0.5, 0.6) is 0 Å². The van der Waals surface area contributed by atoms with Gasteiger partial charge in [0.1, 0.15) is 6.04 Å². The molecule has 0 aliphatic carbocycles. The second-order valence-electron chi connectivity index (χ2n) is 3.89. The molecule has 0 bridgehead atoms. The molecule has 1 heterocycles. The Hall–Kier alpha value is -0.920. The van der Waals surface area contributed by atoms with E-state index in [2.05, 4.69) is 11.3 Å². The summed E-state index contributed by atoms with van der Waals surface area (Å²) < 4.78 is 31.1. The Morgan fingerprint density at radius 1 is 1.53 bits per heavy atom. The molecule has 0 aromatic rings. The van der Waals surface area contributed by atoms with E-state index in [1.165, 1.54) is 6.08 Å². The van der Waals surface area contributed by atoms with E-state index in [0.29, 0.717) is 26.1 Å². The highest BCUT2D eigenvalue weighted by atomic mass is 32.2. The molecule has 1 aliphatic rings. The van der Waals surface area contributed by atoms with E-state index in [9.17, 15) is 13.2 Å². The van der Waals surface area contributed by atoms with Gasteiger partial charge in [0.2, 0.25) is 10.0 Å². The Labute approximate surface area is 101 Å². The van der Waals surface area contributed by atoms with Crippen LogP contribution >= 0.6 is 0 Å². The number of carboxylic acid groups (broad SMARTS) is 1. The highest BCUT2D eigenvalue weighted by molar-refractivity contribution is 7.90. The summed E-state index contributed by atoms with van der Waals surface area (Å²) in [4.78, 5) is 10.9. The SMILES string of the molecule is C=CCC(NS(=O)(=O)C1CCOCC1)C(=O)O. The molecule has 0 saturated carbocycles. The number of sulfonamides is 1. The maximum atomic E-state index is 11.9. The molecule has 0 aromatic heterocycles. The van der Waals surface area contributed by atoms with Gasteiger partial charge < -0.3 is 9.84 Å².